The van der Waals surface area contributed by atoms with E-state index in [4.69, 9.17) is 0 Å². The van der Waals surface area contributed by atoms with Crippen molar-refractivity contribution in [1.29, 1.82) is 0 Å². The van der Waals surface area contributed by atoms with Crippen LogP contribution in [-0.4, -0.2) is 12.3 Å². The second-order valence-corrected chi connectivity index (χ2v) is 3.43. The van der Waals surface area contributed by atoms with Gasteiger partial charge in [0.05, 0.1) is 0 Å². The first-order valence-electron chi connectivity index (χ1n) is 5.31. The van der Waals surface area contributed by atoms with Gasteiger partial charge in [-0.05, 0) is 19.8 Å². The lowest BCUT2D eigenvalue weighted by molar-refractivity contribution is 0.674. The molecule has 0 aromatic rings. The van der Waals surface area contributed by atoms with E-state index >= 15 is 0 Å². The molecule has 1 heteroatoms. The molecule has 12 heavy (non-hydrogen) atoms. The molecule has 0 bridgehead atoms. The second kappa shape index (κ2) is 8.76. The van der Waals surface area contributed by atoms with Gasteiger partial charge in [-0.15, -0.1) is 0 Å². The molecule has 0 aliphatic heterocycles. The first-order chi connectivity index (χ1) is 5.81. The maximum Gasteiger partial charge on any atom is 0.0388 e. The van der Waals surface area contributed by atoms with Crippen LogP contribution in [0.2, 0.25) is 0 Å². The van der Waals surface area contributed by atoms with Crippen LogP contribution in [0, 0.1) is 0 Å². The minimum absolute atomic E-state index is 1.05. The molecule has 0 radical (unpaired) electrons. The van der Waals surface area contributed by atoms with Gasteiger partial charge in [-0.1, -0.05) is 39.5 Å². The predicted molar refractivity (Wildman–Crippen MR) is 57.0 cm³/mol. The van der Waals surface area contributed by atoms with Crippen molar-refractivity contribution in [2.24, 2.45) is 4.99 Å². The first kappa shape index (κ1) is 11.7. The van der Waals surface area contributed by atoms with Gasteiger partial charge in [0.1, 0.15) is 0 Å². The zero-order chi connectivity index (χ0) is 9.23. The fourth-order valence-corrected chi connectivity index (χ4v) is 1.25. The molecular weight excluding hydrogens is 146 g/mol. The SMILES string of the molecule is CCCCCC/N=C(/C)CCC. The maximum atomic E-state index is 4.50. The van der Waals surface area contributed by atoms with E-state index in [-0.39, 0.29) is 0 Å². The monoisotopic (exact) mass is 169 g/mol. The highest BCUT2D eigenvalue weighted by Crippen LogP contribution is 1.99. The van der Waals surface area contributed by atoms with Crippen LogP contribution >= 0.6 is 0 Å². The molecule has 0 atom stereocenters. The molecule has 0 aromatic carbocycles. The molecule has 0 aromatic heterocycles. The van der Waals surface area contributed by atoms with Crippen molar-refractivity contribution in [1.82, 2.24) is 0 Å². The van der Waals surface area contributed by atoms with Gasteiger partial charge in [-0.2, -0.15) is 0 Å². The molecule has 0 saturated heterocycles. The van der Waals surface area contributed by atoms with Crippen molar-refractivity contribution in [3.63, 3.8) is 0 Å². The first-order valence-corrected chi connectivity index (χ1v) is 5.31. The van der Waals surface area contributed by atoms with Gasteiger partial charge < -0.3 is 0 Å². The smallest absolute Gasteiger partial charge is 0.0388 e. The number of unbranched alkanes of at least 4 members (excludes halogenated alkanes) is 3. The molecule has 0 unspecified atom stereocenters. The molecular formula is C11H23N. The van der Waals surface area contributed by atoms with E-state index in [0.29, 0.717) is 0 Å². The van der Waals surface area contributed by atoms with Crippen molar-refractivity contribution in [3.05, 3.63) is 0 Å². The Kier molecular flexibility index (Phi) is 8.52. The van der Waals surface area contributed by atoms with Crippen molar-refractivity contribution in [2.45, 2.75) is 59.3 Å². The van der Waals surface area contributed by atoms with E-state index in [1.165, 1.54) is 44.2 Å². The van der Waals surface area contributed by atoms with Gasteiger partial charge in [-0.3, -0.25) is 4.99 Å². The summed E-state index contributed by atoms with van der Waals surface area (Å²) in [6.07, 6.45) is 7.70. The van der Waals surface area contributed by atoms with Crippen molar-refractivity contribution in [3.8, 4) is 0 Å². The lowest BCUT2D eigenvalue weighted by Crippen LogP contribution is -1.92. The molecule has 0 spiro atoms. The summed E-state index contributed by atoms with van der Waals surface area (Å²) >= 11 is 0. The maximum absolute atomic E-state index is 4.50. The fourth-order valence-electron chi connectivity index (χ4n) is 1.25. The predicted octanol–water partition coefficient (Wildman–Crippen LogP) is 3.83. The van der Waals surface area contributed by atoms with Crippen LogP contribution < -0.4 is 0 Å². The highest BCUT2D eigenvalue weighted by Gasteiger charge is 1.89. The average molecular weight is 169 g/mol. The van der Waals surface area contributed by atoms with E-state index in [9.17, 15) is 0 Å². The minimum atomic E-state index is 1.05. The zero-order valence-electron chi connectivity index (χ0n) is 8.90. The number of nitrogens with zero attached hydrogens (tertiary/aromatic N) is 1. The molecule has 1 nitrogen and oxygen atoms in total. The third-order valence-electron chi connectivity index (χ3n) is 2.01. The van der Waals surface area contributed by atoms with E-state index in [1.807, 2.05) is 0 Å². The van der Waals surface area contributed by atoms with Gasteiger partial charge in [0.15, 0.2) is 0 Å². The Morgan fingerprint density at radius 2 is 1.75 bits per heavy atom. The van der Waals surface area contributed by atoms with E-state index < -0.39 is 0 Å². The summed E-state index contributed by atoms with van der Waals surface area (Å²) in [7, 11) is 0. The summed E-state index contributed by atoms with van der Waals surface area (Å²) in [5, 5.41) is 0. The lowest BCUT2D eigenvalue weighted by atomic mass is 10.2. The van der Waals surface area contributed by atoms with E-state index in [2.05, 4.69) is 25.8 Å². The summed E-state index contributed by atoms with van der Waals surface area (Å²) in [5.41, 5.74) is 1.33. The Hall–Kier alpha value is -0.330. The Morgan fingerprint density at radius 3 is 2.33 bits per heavy atom. The summed E-state index contributed by atoms with van der Waals surface area (Å²) < 4.78 is 0. The summed E-state index contributed by atoms with van der Waals surface area (Å²) in [6.45, 7) is 7.64. The number of hydrogen-bond donors (Lipinski definition) is 0. The molecule has 0 aliphatic carbocycles. The largest absolute Gasteiger partial charge is 0.294 e. The van der Waals surface area contributed by atoms with Gasteiger partial charge in [-0.25, -0.2) is 0 Å². The Balaban J connectivity index is 3.21. The zero-order valence-corrected chi connectivity index (χ0v) is 8.90. The average Bonchev–Trinajstić information content (AvgIpc) is 2.05. The van der Waals surface area contributed by atoms with Crippen LogP contribution in [0.4, 0.5) is 0 Å². The van der Waals surface area contributed by atoms with Crippen LogP contribution in [0.1, 0.15) is 59.3 Å². The normalized spacial score (nSPS) is 12.1. The molecule has 0 fully saturated rings. The standard InChI is InChI=1S/C11H23N/c1-4-6-7-8-10-12-11(3)9-5-2/h4-10H2,1-3H3/b12-11-. The van der Waals surface area contributed by atoms with Gasteiger partial charge in [0.2, 0.25) is 0 Å². The minimum Gasteiger partial charge on any atom is -0.294 e. The highest BCUT2D eigenvalue weighted by atomic mass is 14.7. The third-order valence-corrected chi connectivity index (χ3v) is 2.01. The Bertz CT molecular complexity index is 116. The Morgan fingerprint density at radius 1 is 1.00 bits per heavy atom. The molecule has 0 amide bonds. The molecule has 72 valence electrons. The molecule has 0 N–H and O–H groups in total. The summed E-state index contributed by atoms with van der Waals surface area (Å²) in [4.78, 5) is 4.50. The highest BCUT2D eigenvalue weighted by molar-refractivity contribution is 5.81. The van der Waals surface area contributed by atoms with Crippen molar-refractivity contribution >= 4 is 5.71 Å². The molecule has 0 saturated carbocycles. The Labute approximate surface area is 77.3 Å². The van der Waals surface area contributed by atoms with Gasteiger partial charge >= 0.3 is 0 Å². The topological polar surface area (TPSA) is 12.4 Å². The summed E-state index contributed by atoms with van der Waals surface area (Å²) in [5.74, 6) is 0. The number of hydrogen-bond acceptors (Lipinski definition) is 1. The molecule has 0 aliphatic rings. The summed E-state index contributed by atoms with van der Waals surface area (Å²) in [6, 6.07) is 0. The molecule has 0 heterocycles. The number of rotatable bonds is 7. The van der Waals surface area contributed by atoms with E-state index in [1.54, 1.807) is 0 Å². The number of aliphatic imine (C=N–C) groups is 1. The lowest BCUT2D eigenvalue weighted by Gasteiger charge is -1.98. The van der Waals surface area contributed by atoms with Gasteiger partial charge in [0.25, 0.3) is 0 Å². The van der Waals surface area contributed by atoms with Crippen LogP contribution in [0.5, 0.6) is 0 Å². The van der Waals surface area contributed by atoms with E-state index in [0.717, 1.165) is 6.54 Å². The van der Waals surface area contributed by atoms with Gasteiger partial charge in [0, 0.05) is 12.3 Å². The van der Waals surface area contributed by atoms with Crippen LogP contribution in [0.25, 0.3) is 0 Å². The van der Waals surface area contributed by atoms with Crippen molar-refractivity contribution < 1.29 is 0 Å². The fraction of sp³-hybridized carbons (Fsp3) is 0.909. The molecule has 0 rings (SSSR count). The third kappa shape index (κ3) is 7.77. The quantitative estimate of drug-likeness (QED) is 0.406. The van der Waals surface area contributed by atoms with Crippen molar-refractivity contribution in [2.75, 3.05) is 6.54 Å². The second-order valence-electron chi connectivity index (χ2n) is 3.43. The van der Waals surface area contributed by atoms with Crippen LogP contribution in [0.15, 0.2) is 4.99 Å². The van der Waals surface area contributed by atoms with Crippen LogP contribution in [-0.2, 0) is 0 Å². The van der Waals surface area contributed by atoms with Crippen LogP contribution in [0.3, 0.4) is 0 Å².